The van der Waals surface area contributed by atoms with Crippen LogP contribution in [0.1, 0.15) is 72.6 Å². The second kappa shape index (κ2) is 21.2. The average Bonchev–Trinajstić information content (AvgIpc) is 3.58. The lowest BCUT2D eigenvalue weighted by molar-refractivity contribution is -0.144. The van der Waals surface area contributed by atoms with Crippen molar-refractivity contribution in [3.63, 3.8) is 0 Å². The molecule has 19 nitrogen and oxygen atoms in total. The van der Waals surface area contributed by atoms with Crippen molar-refractivity contribution < 1.29 is 48.3 Å². The van der Waals surface area contributed by atoms with E-state index in [1.165, 1.54) is 0 Å². The first kappa shape index (κ1) is 42.2. The lowest BCUT2D eigenvalue weighted by Gasteiger charge is -2.29. The molecule has 19 heteroatoms. The number of nitrogens with one attached hydrogen (secondary N) is 7. The highest BCUT2D eigenvalue weighted by atomic mass is 16.4. The van der Waals surface area contributed by atoms with Gasteiger partial charge in [-0.05, 0) is 44.1 Å². The molecule has 1 aliphatic heterocycles. The van der Waals surface area contributed by atoms with Gasteiger partial charge in [0.05, 0.1) is 19.1 Å². The van der Waals surface area contributed by atoms with Crippen LogP contribution < -0.4 is 48.7 Å². The summed E-state index contributed by atoms with van der Waals surface area (Å²) in [5.74, 6) is -8.30. The van der Waals surface area contributed by atoms with E-state index in [0.29, 0.717) is 19.4 Å². The Kier molecular flexibility index (Phi) is 18.3. The number of amides is 8. The third kappa shape index (κ3) is 15.8. The van der Waals surface area contributed by atoms with Crippen LogP contribution in [0.2, 0.25) is 0 Å². The topological polar surface area (TPSA) is 310 Å². The van der Waals surface area contributed by atoms with Gasteiger partial charge in [-0.1, -0.05) is 34.1 Å². The zero-order valence-corrected chi connectivity index (χ0v) is 28.4. The number of carboxylic acid groups (broad SMARTS) is 1. The summed E-state index contributed by atoms with van der Waals surface area (Å²) in [5.41, 5.74) is 10.5. The molecule has 49 heavy (non-hydrogen) atoms. The largest absolute Gasteiger partial charge is 0.480 e. The van der Waals surface area contributed by atoms with E-state index >= 15 is 0 Å². The molecular weight excluding hydrogens is 646 g/mol. The number of primary amides is 2. The van der Waals surface area contributed by atoms with E-state index in [4.69, 9.17) is 11.5 Å². The standard InChI is InChI=1S/C30H51N9O10/c1-5-16(4)25(29(47)38-24(15(2)3)30(48)49)39-28(46)19(9-11-21(32)41)37-27(45)18(8-10-20(31)40)36-23(43)14-34-22(42)13-35-26(44)17-7-6-12-33-17/h15-19,24-25,33H,5-14H2,1-4H3,(H2,31,40)(H2,32,41)(H,34,42)(H,35,44)(H,36,43)(H,37,45)(H,38,47)(H,39,46)(H,48,49)/t16-,17-,18-,19-,24-,25-/m0/s1. The number of aliphatic carboxylic acids is 1. The van der Waals surface area contributed by atoms with Gasteiger partial charge in [0.2, 0.25) is 47.3 Å². The predicted octanol–water partition coefficient (Wildman–Crippen LogP) is -3.77. The van der Waals surface area contributed by atoms with Gasteiger partial charge in [-0.2, -0.15) is 0 Å². The minimum Gasteiger partial charge on any atom is -0.480 e. The van der Waals surface area contributed by atoms with Crippen LogP contribution in [-0.4, -0.2) is 108 Å². The Balaban J connectivity index is 3.01. The highest BCUT2D eigenvalue weighted by Crippen LogP contribution is 2.12. The molecule has 1 aliphatic rings. The average molecular weight is 698 g/mol. The molecule has 8 amide bonds. The van der Waals surface area contributed by atoms with Crippen LogP contribution in [0.3, 0.4) is 0 Å². The van der Waals surface area contributed by atoms with Crippen molar-refractivity contribution in [3.8, 4) is 0 Å². The molecule has 6 atom stereocenters. The molecule has 1 saturated heterocycles. The van der Waals surface area contributed by atoms with Gasteiger partial charge < -0.3 is 53.8 Å². The first-order valence-corrected chi connectivity index (χ1v) is 16.2. The molecule has 0 bridgehead atoms. The van der Waals surface area contributed by atoms with E-state index in [2.05, 4.69) is 37.2 Å². The summed E-state index contributed by atoms with van der Waals surface area (Å²) >= 11 is 0. The fourth-order valence-electron chi connectivity index (χ4n) is 4.78. The maximum absolute atomic E-state index is 13.4. The molecule has 1 heterocycles. The fraction of sp³-hybridized carbons (Fsp3) is 0.700. The minimum atomic E-state index is -1.45. The summed E-state index contributed by atoms with van der Waals surface area (Å²) in [6.45, 7) is 6.30. The Labute approximate surface area is 284 Å². The van der Waals surface area contributed by atoms with Crippen LogP contribution in [0.25, 0.3) is 0 Å². The Hall–Kier alpha value is -4.81. The van der Waals surface area contributed by atoms with Crippen molar-refractivity contribution >= 4 is 53.2 Å². The normalized spacial score (nSPS) is 17.0. The zero-order chi connectivity index (χ0) is 37.3. The highest BCUT2D eigenvalue weighted by Gasteiger charge is 2.34. The molecule has 0 aliphatic carbocycles. The summed E-state index contributed by atoms with van der Waals surface area (Å²) in [6, 6.07) is -5.75. The van der Waals surface area contributed by atoms with Gasteiger partial charge in [0, 0.05) is 12.8 Å². The maximum atomic E-state index is 13.4. The van der Waals surface area contributed by atoms with E-state index in [1.807, 2.05) is 0 Å². The van der Waals surface area contributed by atoms with E-state index < -0.39 is 102 Å². The van der Waals surface area contributed by atoms with Crippen molar-refractivity contribution in [2.75, 3.05) is 19.6 Å². The van der Waals surface area contributed by atoms with Crippen LogP contribution in [-0.2, 0) is 43.2 Å². The van der Waals surface area contributed by atoms with Crippen molar-refractivity contribution in [1.82, 2.24) is 37.2 Å². The molecule has 12 N–H and O–H groups in total. The van der Waals surface area contributed by atoms with Gasteiger partial charge >= 0.3 is 5.97 Å². The summed E-state index contributed by atoms with van der Waals surface area (Å²) < 4.78 is 0. The molecule has 0 saturated carbocycles. The quantitative estimate of drug-likeness (QED) is 0.0523. The molecule has 1 rings (SSSR count). The minimum absolute atomic E-state index is 0.293. The zero-order valence-electron chi connectivity index (χ0n) is 28.4. The predicted molar refractivity (Wildman–Crippen MR) is 174 cm³/mol. The Morgan fingerprint density at radius 2 is 1.27 bits per heavy atom. The Morgan fingerprint density at radius 1 is 0.735 bits per heavy atom. The first-order valence-electron chi connectivity index (χ1n) is 16.2. The summed E-state index contributed by atoms with van der Waals surface area (Å²) in [5, 5.41) is 27.0. The Morgan fingerprint density at radius 3 is 1.76 bits per heavy atom. The van der Waals surface area contributed by atoms with Crippen molar-refractivity contribution in [3.05, 3.63) is 0 Å². The fourth-order valence-corrected chi connectivity index (χ4v) is 4.78. The monoisotopic (exact) mass is 697 g/mol. The van der Waals surface area contributed by atoms with Crippen LogP contribution in [0.5, 0.6) is 0 Å². The molecule has 0 spiro atoms. The summed E-state index contributed by atoms with van der Waals surface area (Å²) in [7, 11) is 0. The number of rotatable bonds is 22. The van der Waals surface area contributed by atoms with Crippen LogP contribution in [0, 0.1) is 11.8 Å². The van der Waals surface area contributed by atoms with Crippen molar-refractivity contribution in [2.45, 2.75) is 103 Å². The van der Waals surface area contributed by atoms with E-state index in [1.54, 1.807) is 27.7 Å². The van der Waals surface area contributed by atoms with Gasteiger partial charge in [0.1, 0.15) is 24.2 Å². The number of nitrogens with two attached hydrogens (primary N) is 2. The molecule has 0 aromatic carbocycles. The maximum Gasteiger partial charge on any atom is 0.326 e. The van der Waals surface area contributed by atoms with Gasteiger partial charge in [0.25, 0.3) is 0 Å². The summed E-state index contributed by atoms with van der Waals surface area (Å²) in [6.07, 6.45) is 0.562. The number of carbonyl (C=O) groups is 9. The molecule has 0 radical (unpaired) electrons. The van der Waals surface area contributed by atoms with Crippen molar-refractivity contribution in [1.29, 1.82) is 0 Å². The SMILES string of the molecule is CC[C@H](C)[C@H](NC(=O)[C@H](CCC(N)=O)NC(=O)[C@H](CCC(N)=O)NC(=O)CNC(=O)CNC(=O)[C@@H]1CCCN1)C(=O)N[C@H](C(=O)O)C(C)C. The third-order valence-electron chi connectivity index (χ3n) is 7.91. The molecule has 1 fully saturated rings. The van der Waals surface area contributed by atoms with Crippen molar-refractivity contribution in [2.24, 2.45) is 23.3 Å². The second-order valence-corrected chi connectivity index (χ2v) is 12.3. The van der Waals surface area contributed by atoms with Crippen LogP contribution in [0.4, 0.5) is 0 Å². The van der Waals surface area contributed by atoms with Gasteiger partial charge in [-0.25, -0.2) is 4.79 Å². The third-order valence-corrected chi connectivity index (χ3v) is 7.91. The lowest BCUT2D eigenvalue weighted by Crippen LogP contribution is -2.59. The molecule has 0 aromatic heterocycles. The first-order chi connectivity index (χ1) is 23.0. The van der Waals surface area contributed by atoms with E-state index in [9.17, 15) is 48.3 Å². The number of carbonyl (C=O) groups excluding carboxylic acids is 8. The second-order valence-electron chi connectivity index (χ2n) is 12.3. The van der Waals surface area contributed by atoms with Crippen LogP contribution in [0.15, 0.2) is 0 Å². The molecule has 0 aromatic rings. The van der Waals surface area contributed by atoms with Gasteiger partial charge in [-0.15, -0.1) is 0 Å². The van der Waals surface area contributed by atoms with E-state index in [0.717, 1.165) is 6.42 Å². The molecule has 276 valence electrons. The van der Waals surface area contributed by atoms with E-state index in [-0.39, 0.29) is 31.6 Å². The number of carboxylic acids is 1. The smallest absolute Gasteiger partial charge is 0.326 e. The lowest BCUT2D eigenvalue weighted by atomic mass is 9.96. The molecule has 0 unspecified atom stereocenters. The van der Waals surface area contributed by atoms with Crippen LogP contribution >= 0.6 is 0 Å². The number of hydrogen-bond acceptors (Lipinski definition) is 10. The Bertz CT molecular complexity index is 1220. The number of hydrogen-bond donors (Lipinski definition) is 10. The van der Waals surface area contributed by atoms with Gasteiger partial charge in [0.15, 0.2) is 0 Å². The molecular formula is C30H51N9O10. The highest BCUT2D eigenvalue weighted by molar-refractivity contribution is 5.96. The summed E-state index contributed by atoms with van der Waals surface area (Å²) in [4.78, 5) is 112. The van der Waals surface area contributed by atoms with Gasteiger partial charge in [-0.3, -0.25) is 38.4 Å².